The van der Waals surface area contributed by atoms with Crippen LogP contribution in [0.3, 0.4) is 0 Å². The molecule has 2 rings (SSSR count). The summed E-state index contributed by atoms with van der Waals surface area (Å²) in [7, 11) is -0.765. The van der Waals surface area contributed by atoms with Crippen molar-refractivity contribution in [3.8, 4) is 23.2 Å². The average molecular weight is 406 g/mol. The van der Waals surface area contributed by atoms with Gasteiger partial charge in [0.05, 0.1) is 0 Å². The molecule has 0 radical (unpaired) electrons. The average Bonchev–Trinajstić information content (AvgIpc) is 2.63. The zero-order valence-electron chi connectivity index (χ0n) is 18.1. The Hall–Kier alpha value is -1.58. The van der Waals surface area contributed by atoms with Crippen LogP contribution in [0.5, 0.6) is 0 Å². The fourth-order valence-electron chi connectivity index (χ4n) is 2.63. The molecule has 0 nitrogen and oxygen atoms in total. The summed E-state index contributed by atoms with van der Waals surface area (Å²) in [5.74, 6) is 6.84. The third-order valence-electron chi connectivity index (χ3n) is 4.38. The Kier molecular flexibility index (Phi) is 8.33. The van der Waals surface area contributed by atoms with Gasteiger partial charge < -0.3 is 0 Å². The molecular formula is C26H32P2. The summed E-state index contributed by atoms with van der Waals surface area (Å²) in [4.78, 5) is 0. The first kappa shape index (κ1) is 22.7. The lowest BCUT2D eigenvalue weighted by Crippen LogP contribution is -2.17. The molecule has 0 fully saturated rings. The van der Waals surface area contributed by atoms with Gasteiger partial charge >= 0.3 is 0 Å². The highest BCUT2D eigenvalue weighted by Gasteiger charge is 2.27. The molecule has 0 aliphatic carbocycles. The molecular weight excluding hydrogens is 374 g/mol. The maximum absolute atomic E-state index is 3.63. The molecule has 28 heavy (non-hydrogen) atoms. The molecule has 0 aromatic heterocycles. The first-order chi connectivity index (χ1) is 13.2. The van der Waals surface area contributed by atoms with E-state index in [1.807, 2.05) is 12.1 Å². The van der Waals surface area contributed by atoms with Crippen molar-refractivity contribution < 1.29 is 0 Å². The molecule has 0 spiro atoms. The summed E-state index contributed by atoms with van der Waals surface area (Å²) in [6, 6.07) is 20.7. The van der Waals surface area contributed by atoms with Gasteiger partial charge in [-0.3, -0.25) is 0 Å². The SMILES string of the molecule is CC(C)(C)[P@@](C#Cc1ccccc1)CC[P@](C#Cc1ccccc1)C(C)(C)C. The Morgan fingerprint density at radius 2 is 0.893 bits per heavy atom. The Morgan fingerprint density at radius 1 is 0.571 bits per heavy atom. The van der Waals surface area contributed by atoms with Gasteiger partial charge in [-0.2, -0.15) is 0 Å². The molecule has 0 saturated carbocycles. The maximum atomic E-state index is 3.63. The Morgan fingerprint density at radius 3 is 1.18 bits per heavy atom. The second-order valence-electron chi connectivity index (χ2n) is 8.85. The van der Waals surface area contributed by atoms with Gasteiger partial charge in [0, 0.05) is 11.1 Å². The minimum atomic E-state index is -0.383. The molecule has 2 aromatic rings. The molecule has 2 heteroatoms. The quantitative estimate of drug-likeness (QED) is 0.364. The summed E-state index contributed by atoms with van der Waals surface area (Å²) in [5.41, 5.74) is 9.49. The molecule has 2 atom stereocenters. The Bertz CT molecular complexity index is 772. The van der Waals surface area contributed by atoms with E-state index in [1.165, 1.54) is 0 Å². The molecule has 0 unspecified atom stereocenters. The van der Waals surface area contributed by atoms with E-state index in [-0.39, 0.29) is 26.2 Å². The normalized spacial score (nSPS) is 13.5. The predicted octanol–water partition coefficient (Wildman–Crippen LogP) is 7.57. The van der Waals surface area contributed by atoms with Crippen molar-refractivity contribution >= 4 is 15.8 Å². The molecule has 0 amide bonds. The van der Waals surface area contributed by atoms with Crippen molar-refractivity contribution in [2.45, 2.75) is 51.9 Å². The lowest BCUT2D eigenvalue weighted by Gasteiger charge is -2.31. The number of rotatable bonds is 3. The zero-order valence-corrected chi connectivity index (χ0v) is 19.9. The molecule has 0 saturated heterocycles. The first-order valence-corrected chi connectivity index (χ1v) is 12.9. The first-order valence-electron chi connectivity index (χ1n) is 9.85. The van der Waals surface area contributed by atoms with E-state index in [0.717, 1.165) is 23.5 Å². The summed E-state index contributed by atoms with van der Waals surface area (Å²) in [6.07, 6.45) is 2.32. The van der Waals surface area contributed by atoms with Crippen LogP contribution < -0.4 is 0 Å². The zero-order chi connectivity index (χ0) is 20.6. The van der Waals surface area contributed by atoms with Crippen LogP contribution in [-0.2, 0) is 0 Å². The summed E-state index contributed by atoms with van der Waals surface area (Å²) < 4.78 is 0. The van der Waals surface area contributed by atoms with Gasteiger partial charge in [-0.05, 0) is 62.7 Å². The third kappa shape index (κ3) is 7.81. The fraction of sp³-hybridized carbons (Fsp3) is 0.385. The van der Waals surface area contributed by atoms with Gasteiger partial charge in [0.15, 0.2) is 0 Å². The second kappa shape index (κ2) is 10.3. The van der Waals surface area contributed by atoms with Crippen molar-refractivity contribution in [1.29, 1.82) is 0 Å². The maximum Gasteiger partial charge on any atom is 0.0248 e. The monoisotopic (exact) mass is 406 g/mol. The van der Waals surface area contributed by atoms with Gasteiger partial charge in [-0.25, -0.2) is 0 Å². The summed E-state index contributed by atoms with van der Waals surface area (Å²) in [6.45, 7) is 14.0. The smallest absolute Gasteiger partial charge is 0.0248 e. The topological polar surface area (TPSA) is 0 Å². The van der Waals surface area contributed by atoms with E-state index in [9.17, 15) is 0 Å². The Labute approximate surface area is 175 Å². The standard InChI is InChI=1S/C26H32P2/c1-25(2,3)27(19-17-23-13-9-7-10-14-23)21-22-28(26(4,5)6)20-18-24-15-11-8-12-16-24/h7-16H,21-22H2,1-6H3/t27-,28-/m0/s1. The van der Waals surface area contributed by atoms with E-state index in [0.29, 0.717) is 0 Å². The van der Waals surface area contributed by atoms with Gasteiger partial charge in [0.2, 0.25) is 0 Å². The fourth-order valence-corrected chi connectivity index (χ4v) is 6.99. The van der Waals surface area contributed by atoms with Crippen LogP contribution in [-0.4, -0.2) is 22.6 Å². The molecule has 0 aliphatic rings. The highest BCUT2D eigenvalue weighted by Crippen LogP contribution is 2.54. The predicted molar refractivity (Wildman–Crippen MR) is 130 cm³/mol. The summed E-state index contributed by atoms with van der Waals surface area (Å²) >= 11 is 0. The van der Waals surface area contributed by atoms with Crippen LogP contribution >= 0.6 is 15.8 Å². The molecule has 0 heterocycles. The van der Waals surface area contributed by atoms with Crippen molar-refractivity contribution in [1.82, 2.24) is 0 Å². The molecule has 0 N–H and O–H groups in total. The second-order valence-corrected chi connectivity index (χ2v) is 14.6. The van der Waals surface area contributed by atoms with Crippen LogP contribution in [0.25, 0.3) is 0 Å². The van der Waals surface area contributed by atoms with Gasteiger partial charge in [-0.1, -0.05) is 101 Å². The van der Waals surface area contributed by atoms with Crippen LogP contribution in [0.15, 0.2) is 60.7 Å². The number of benzene rings is 2. The lowest BCUT2D eigenvalue weighted by molar-refractivity contribution is 0.781. The van der Waals surface area contributed by atoms with Crippen LogP contribution in [0, 0.1) is 23.2 Å². The van der Waals surface area contributed by atoms with E-state index in [1.54, 1.807) is 0 Å². The summed E-state index contributed by atoms with van der Waals surface area (Å²) in [5, 5.41) is 0.450. The highest BCUT2D eigenvalue weighted by molar-refractivity contribution is 7.68. The van der Waals surface area contributed by atoms with Crippen molar-refractivity contribution in [2.24, 2.45) is 0 Å². The van der Waals surface area contributed by atoms with Crippen LogP contribution in [0.4, 0.5) is 0 Å². The molecule has 146 valence electrons. The van der Waals surface area contributed by atoms with Crippen LogP contribution in [0.1, 0.15) is 52.7 Å². The van der Waals surface area contributed by atoms with E-state index < -0.39 is 0 Å². The highest BCUT2D eigenvalue weighted by atomic mass is 31.1. The van der Waals surface area contributed by atoms with Gasteiger partial charge in [0.25, 0.3) is 0 Å². The van der Waals surface area contributed by atoms with Gasteiger partial charge in [-0.15, -0.1) is 0 Å². The molecule has 0 bridgehead atoms. The lowest BCUT2D eigenvalue weighted by atomic mass is 10.2. The molecule has 2 aromatic carbocycles. The third-order valence-corrected chi connectivity index (χ3v) is 10.1. The number of hydrogen-bond donors (Lipinski definition) is 0. The molecule has 0 aliphatic heterocycles. The minimum absolute atomic E-state index is 0.225. The van der Waals surface area contributed by atoms with Crippen LogP contribution in [0.2, 0.25) is 0 Å². The van der Waals surface area contributed by atoms with E-state index in [4.69, 9.17) is 0 Å². The van der Waals surface area contributed by atoms with E-state index >= 15 is 0 Å². The van der Waals surface area contributed by atoms with Crippen molar-refractivity contribution in [3.63, 3.8) is 0 Å². The largest absolute Gasteiger partial charge is 0.0707 e. The van der Waals surface area contributed by atoms with E-state index in [2.05, 4.69) is 113 Å². The number of hydrogen-bond acceptors (Lipinski definition) is 0. The Balaban J connectivity index is 2.16. The minimum Gasteiger partial charge on any atom is -0.0707 e. The van der Waals surface area contributed by atoms with Gasteiger partial charge in [0.1, 0.15) is 0 Å². The van der Waals surface area contributed by atoms with Crippen molar-refractivity contribution in [2.75, 3.05) is 12.3 Å². The van der Waals surface area contributed by atoms with Crippen molar-refractivity contribution in [3.05, 3.63) is 71.8 Å².